The van der Waals surface area contributed by atoms with E-state index in [9.17, 15) is 5.11 Å². The summed E-state index contributed by atoms with van der Waals surface area (Å²) >= 11 is 0. The Morgan fingerprint density at radius 2 is 2.18 bits per heavy atom. The van der Waals surface area contributed by atoms with E-state index in [1.807, 2.05) is 0 Å². The summed E-state index contributed by atoms with van der Waals surface area (Å²) in [6.07, 6.45) is 2.92. The molecule has 0 radical (unpaired) electrons. The second-order valence-corrected chi connectivity index (χ2v) is 4.90. The molecule has 17 heavy (non-hydrogen) atoms. The molecule has 1 heterocycles. The lowest BCUT2D eigenvalue weighted by Crippen LogP contribution is -2.36. The van der Waals surface area contributed by atoms with E-state index in [-0.39, 0.29) is 0 Å². The van der Waals surface area contributed by atoms with Crippen LogP contribution in [0.3, 0.4) is 0 Å². The van der Waals surface area contributed by atoms with Crippen LogP contribution in [-0.4, -0.2) is 45.5 Å². The molecule has 3 N–H and O–H groups in total. The van der Waals surface area contributed by atoms with Gasteiger partial charge in [-0.3, -0.25) is 4.68 Å². The summed E-state index contributed by atoms with van der Waals surface area (Å²) in [4.78, 5) is 2.25. The zero-order valence-electron chi connectivity index (χ0n) is 11.0. The van der Waals surface area contributed by atoms with E-state index in [0.717, 1.165) is 13.1 Å². The van der Waals surface area contributed by atoms with Crippen LogP contribution >= 0.6 is 0 Å². The number of aromatic nitrogens is 2. The van der Waals surface area contributed by atoms with Crippen LogP contribution in [0.2, 0.25) is 0 Å². The quantitative estimate of drug-likeness (QED) is 0.740. The van der Waals surface area contributed by atoms with E-state index in [0.29, 0.717) is 24.7 Å². The molecular formula is C12H24N4O. The summed E-state index contributed by atoms with van der Waals surface area (Å²) in [5.41, 5.74) is 6.20. The van der Waals surface area contributed by atoms with Gasteiger partial charge in [0.15, 0.2) is 0 Å². The second kappa shape index (κ2) is 6.61. The van der Waals surface area contributed by atoms with Gasteiger partial charge in [0.2, 0.25) is 0 Å². The maximum atomic E-state index is 9.98. The van der Waals surface area contributed by atoms with Crippen LogP contribution in [0.4, 0.5) is 5.69 Å². The molecule has 5 nitrogen and oxygen atoms in total. The molecule has 0 spiro atoms. The predicted molar refractivity (Wildman–Crippen MR) is 69.6 cm³/mol. The van der Waals surface area contributed by atoms with Gasteiger partial charge in [-0.1, -0.05) is 20.8 Å². The van der Waals surface area contributed by atoms with Crippen LogP contribution in [0.5, 0.6) is 0 Å². The van der Waals surface area contributed by atoms with Crippen molar-refractivity contribution in [3.05, 3.63) is 12.4 Å². The number of nitrogens with zero attached hydrogens (tertiary/aromatic N) is 3. The number of likely N-dealkylation sites (N-methyl/N-ethyl adjacent to an activating group) is 1. The highest BCUT2D eigenvalue weighted by atomic mass is 16.3. The number of nitrogens with two attached hydrogens (primary N) is 1. The van der Waals surface area contributed by atoms with Crippen molar-refractivity contribution in [2.75, 3.05) is 25.4 Å². The van der Waals surface area contributed by atoms with Gasteiger partial charge in [0.1, 0.15) is 0 Å². The molecule has 0 saturated heterocycles. The van der Waals surface area contributed by atoms with Crippen LogP contribution in [0.1, 0.15) is 20.8 Å². The van der Waals surface area contributed by atoms with Crippen LogP contribution in [0, 0.1) is 5.92 Å². The van der Waals surface area contributed by atoms with Gasteiger partial charge in [-0.2, -0.15) is 5.10 Å². The molecule has 1 aromatic rings. The first-order valence-corrected chi connectivity index (χ1v) is 6.19. The third-order valence-corrected chi connectivity index (χ3v) is 2.59. The minimum atomic E-state index is -0.409. The summed E-state index contributed by atoms with van der Waals surface area (Å²) < 4.78 is 1.68. The van der Waals surface area contributed by atoms with Crippen molar-refractivity contribution >= 4 is 5.69 Å². The van der Waals surface area contributed by atoms with Gasteiger partial charge >= 0.3 is 0 Å². The van der Waals surface area contributed by atoms with Crippen LogP contribution in [-0.2, 0) is 6.54 Å². The zero-order chi connectivity index (χ0) is 12.8. The third-order valence-electron chi connectivity index (χ3n) is 2.59. The maximum Gasteiger partial charge on any atom is 0.0862 e. The van der Waals surface area contributed by atoms with E-state index < -0.39 is 6.10 Å². The summed E-state index contributed by atoms with van der Waals surface area (Å²) in [5.74, 6) is 0.613. The Balaban J connectivity index is 2.39. The highest BCUT2D eigenvalue weighted by molar-refractivity contribution is 5.30. The molecule has 98 valence electrons. The molecule has 1 unspecified atom stereocenters. The highest BCUT2D eigenvalue weighted by Gasteiger charge is 2.12. The maximum absolute atomic E-state index is 9.98. The lowest BCUT2D eigenvalue weighted by molar-refractivity contribution is 0.0919. The average molecular weight is 240 g/mol. The van der Waals surface area contributed by atoms with Crippen molar-refractivity contribution in [1.29, 1.82) is 0 Å². The molecule has 0 fully saturated rings. The van der Waals surface area contributed by atoms with Gasteiger partial charge in [0, 0.05) is 19.3 Å². The minimum absolute atomic E-state index is 0.409. The fraction of sp³-hybridized carbons (Fsp3) is 0.750. The molecule has 1 aromatic heterocycles. The first kappa shape index (κ1) is 14.0. The standard InChI is InChI=1S/C12H24N4O/c1-4-15(6-10(2)3)8-12(17)9-16-7-11(13)5-14-16/h5,7,10,12,17H,4,6,8-9,13H2,1-3H3. The van der Waals surface area contributed by atoms with E-state index >= 15 is 0 Å². The van der Waals surface area contributed by atoms with Crippen molar-refractivity contribution in [1.82, 2.24) is 14.7 Å². The van der Waals surface area contributed by atoms with Gasteiger partial charge in [-0.15, -0.1) is 0 Å². The van der Waals surface area contributed by atoms with Crippen LogP contribution < -0.4 is 5.73 Å². The van der Waals surface area contributed by atoms with Crippen molar-refractivity contribution in [3.8, 4) is 0 Å². The van der Waals surface area contributed by atoms with Crippen molar-refractivity contribution < 1.29 is 5.11 Å². The number of hydrogen-bond acceptors (Lipinski definition) is 4. The average Bonchev–Trinajstić information content (AvgIpc) is 2.62. The van der Waals surface area contributed by atoms with E-state index in [1.54, 1.807) is 17.1 Å². The first-order chi connectivity index (χ1) is 8.01. The molecule has 1 atom stereocenters. The molecule has 0 bridgehead atoms. The Kier molecular flexibility index (Phi) is 5.44. The molecule has 1 rings (SSSR count). The Hall–Kier alpha value is -1.07. The number of aliphatic hydroxyl groups excluding tert-OH is 1. The van der Waals surface area contributed by atoms with Gasteiger partial charge < -0.3 is 15.7 Å². The molecule has 0 aliphatic heterocycles. The SMILES string of the molecule is CCN(CC(C)C)CC(O)Cn1cc(N)cn1. The Labute approximate surface area is 103 Å². The largest absolute Gasteiger partial charge is 0.396 e. The minimum Gasteiger partial charge on any atom is -0.396 e. The molecule has 0 aliphatic rings. The summed E-state index contributed by atoms with van der Waals surface area (Å²) in [5, 5.41) is 14.0. The number of rotatable bonds is 7. The van der Waals surface area contributed by atoms with Gasteiger partial charge in [0.25, 0.3) is 0 Å². The monoisotopic (exact) mass is 240 g/mol. The highest BCUT2D eigenvalue weighted by Crippen LogP contribution is 2.03. The number of aliphatic hydroxyl groups is 1. The van der Waals surface area contributed by atoms with Crippen LogP contribution in [0.15, 0.2) is 12.4 Å². The lowest BCUT2D eigenvalue weighted by atomic mass is 10.2. The van der Waals surface area contributed by atoms with Gasteiger partial charge in [-0.05, 0) is 12.5 Å². The number of nitrogen functional groups attached to an aromatic ring is 1. The fourth-order valence-electron chi connectivity index (χ4n) is 1.90. The fourth-order valence-corrected chi connectivity index (χ4v) is 1.90. The lowest BCUT2D eigenvalue weighted by Gasteiger charge is -2.25. The van der Waals surface area contributed by atoms with Crippen molar-refractivity contribution in [2.45, 2.75) is 33.4 Å². The van der Waals surface area contributed by atoms with Gasteiger partial charge in [0.05, 0.1) is 24.5 Å². The smallest absolute Gasteiger partial charge is 0.0862 e. The number of hydrogen-bond donors (Lipinski definition) is 2. The molecule has 0 saturated carbocycles. The molecular weight excluding hydrogens is 216 g/mol. The topological polar surface area (TPSA) is 67.3 Å². The summed E-state index contributed by atoms with van der Waals surface area (Å²) in [6.45, 7) is 9.61. The third kappa shape index (κ3) is 5.19. The number of anilines is 1. The van der Waals surface area contributed by atoms with E-state index in [2.05, 4.69) is 30.8 Å². The molecule has 0 aliphatic carbocycles. The van der Waals surface area contributed by atoms with Gasteiger partial charge in [-0.25, -0.2) is 0 Å². The van der Waals surface area contributed by atoms with E-state index in [1.165, 1.54) is 0 Å². The second-order valence-electron chi connectivity index (χ2n) is 4.90. The Bertz CT molecular complexity index is 324. The molecule has 5 heteroatoms. The first-order valence-electron chi connectivity index (χ1n) is 6.19. The predicted octanol–water partition coefficient (Wildman–Crippen LogP) is 0.804. The zero-order valence-corrected chi connectivity index (χ0v) is 11.0. The molecule has 0 amide bonds. The van der Waals surface area contributed by atoms with Crippen LogP contribution in [0.25, 0.3) is 0 Å². The van der Waals surface area contributed by atoms with Crippen molar-refractivity contribution in [2.24, 2.45) is 5.92 Å². The summed E-state index contributed by atoms with van der Waals surface area (Å²) in [6, 6.07) is 0. The van der Waals surface area contributed by atoms with Crippen molar-refractivity contribution in [3.63, 3.8) is 0 Å². The normalized spacial score (nSPS) is 13.5. The Morgan fingerprint density at radius 3 is 2.65 bits per heavy atom. The summed E-state index contributed by atoms with van der Waals surface area (Å²) in [7, 11) is 0. The van der Waals surface area contributed by atoms with E-state index in [4.69, 9.17) is 5.73 Å². The Morgan fingerprint density at radius 1 is 1.47 bits per heavy atom. The molecule has 0 aromatic carbocycles.